The van der Waals surface area contributed by atoms with Gasteiger partial charge in [0.05, 0.1) is 16.5 Å². The lowest BCUT2D eigenvalue weighted by molar-refractivity contribution is 0.0696. The first-order valence-corrected chi connectivity index (χ1v) is 8.39. The topological polar surface area (TPSA) is 98.5 Å². The van der Waals surface area contributed by atoms with Gasteiger partial charge in [0.15, 0.2) is 0 Å². The minimum absolute atomic E-state index is 0.0676. The molecule has 21 heavy (non-hydrogen) atoms. The van der Waals surface area contributed by atoms with E-state index in [-0.39, 0.29) is 30.0 Å². The van der Waals surface area contributed by atoms with Crippen molar-refractivity contribution < 1.29 is 18.3 Å². The molecule has 0 heterocycles. The van der Waals surface area contributed by atoms with E-state index in [4.69, 9.17) is 10.4 Å². The minimum Gasteiger partial charge on any atom is -0.478 e. The third kappa shape index (κ3) is 3.81. The summed E-state index contributed by atoms with van der Waals surface area (Å²) < 4.78 is 26.7. The Morgan fingerprint density at radius 2 is 2.10 bits per heavy atom. The van der Waals surface area contributed by atoms with Gasteiger partial charge in [-0.15, -0.1) is 0 Å². The van der Waals surface area contributed by atoms with Gasteiger partial charge >= 0.3 is 5.97 Å². The normalized spacial score (nSPS) is 11.4. The summed E-state index contributed by atoms with van der Waals surface area (Å²) in [7, 11) is -3.86. The van der Waals surface area contributed by atoms with E-state index in [2.05, 4.69) is 15.9 Å². The van der Waals surface area contributed by atoms with E-state index in [9.17, 15) is 13.2 Å². The van der Waals surface area contributed by atoms with Crippen molar-refractivity contribution in [2.45, 2.75) is 25.2 Å². The molecule has 0 spiro atoms. The number of rotatable bonds is 6. The van der Waals surface area contributed by atoms with Crippen molar-refractivity contribution in [3.63, 3.8) is 0 Å². The Morgan fingerprint density at radius 1 is 1.48 bits per heavy atom. The second kappa shape index (κ2) is 7.02. The Hall–Kier alpha value is -1.43. The summed E-state index contributed by atoms with van der Waals surface area (Å²) in [6.07, 6.45) is 0.0717. The van der Waals surface area contributed by atoms with Gasteiger partial charge in [-0.2, -0.15) is 9.57 Å². The van der Waals surface area contributed by atoms with Gasteiger partial charge in [0.1, 0.15) is 0 Å². The predicted molar refractivity (Wildman–Crippen MR) is 80.5 cm³/mol. The summed E-state index contributed by atoms with van der Waals surface area (Å²) in [5.74, 6) is -1.19. The number of hydrogen-bond donors (Lipinski definition) is 1. The van der Waals surface area contributed by atoms with E-state index in [0.29, 0.717) is 10.0 Å². The van der Waals surface area contributed by atoms with E-state index in [1.54, 1.807) is 13.8 Å². The SMILES string of the molecule is CCN(CCC#N)S(=O)(=O)c1cc(C(=O)O)cc(C)c1Br. The predicted octanol–water partition coefficient (Wildman–Crippen LogP) is 2.38. The number of hydrogen-bond acceptors (Lipinski definition) is 4. The molecule has 0 aliphatic carbocycles. The van der Waals surface area contributed by atoms with Gasteiger partial charge in [-0.1, -0.05) is 6.92 Å². The third-order valence-electron chi connectivity index (χ3n) is 2.91. The van der Waals surface area contributed by atoms with Crippen LogP contribution in [0, 0.1) is 18.3 Å². The summed E-state index contributed by atoms with van der Waals surface area (Å²) in [4.78, 5) is 11.0. The number of carbonyl (C=O) groups is 1. The van der Waals surface area contributed by atoms with Gasteiger partial charge in [0.25, 0.3) is 0 Å². The molecule has 0 atom stereocenters. The number of aryl methyl sites for hydroxylation is 1. The molecule has 8 heteroatoms. The number of nitriles is 1. The third-order valence-corrected chi connectivity index (χ3v) is 6.23. The van der Waals surface area contributed by atoms with Crippen LogP contribution in [0.1, 0.15) is 29.3 Å². The molecule has 0 fully saturated rings. The van der Waals surface area contributed by atoms with Crippen LogP contribution < -0.4 is 0 Å². The van der Waals surface area contributed by atoms with Gasteiger partial charge in [0.2, 0.25) is 10.0 Å². The highest BCUT2D eigenvalue weighted by atomic mass is 79.9. The number of benzene rings is 1. The van der Waals surface area contributed by atoms with Crippen LogP contribution in [0.2, 0.25) is 0 Å². The summed E-state index contributed by atoms with van der Waals surface area (Å²) in [6.45, 7) is 3.56. The molecule has 0 unspecified atom stereocenters. The zero-order valence-electron chi connectivity index (χ0n) is 11.6. The largest absolute Gasteiger partial charge is 0.478 e. The van der Waals surface area contributed by atoms with Crippen LogP contribution in [-0.2, 0) is 10.0 Å². The lowest BCUT2D eigenvalue weighted by Crippen LogP contribution is -2.32. The fourth-order valence-electron chi connectivity index (χ4n) is 1.81. The van der Waals surface area contributed by atoms with Crippen molar-refractivity contribution in [3.8, 4) is 6.07 Å². The Morgan fingerprint density at radius 3 is 2.57 bits per heavy atom. The molecule has 1 aromatic rings. The molecule has 0 amide bonds. The molecular formula is C13H15BrN2O4S. The second-order valence-electron chi connectivity index (χ2n) is 4.32. The first kappa shape index (κ1) is 17.6. The van der Waals surface area contributed by atoms with E-state index in [1.165, 1.54) is 6.07 Å². The smallest absolute Gasteiger partial charge is 0.335 e. The average molecular weight is 375 g/mol. The van der Waals surface area contributed by atoms with E-state index >= 15 is 0 Å². The molecule has 0 aliphatic rings. The molecule has 114 valence electrons. The van der Waals surface area contributed by atoms with Crippen LogP contribution in [0.25, 0.3) is 0 Å². The zero-order chi connectivity index (χ0) is 16.2. The number of sulfonamides is 1. The molecular weight excluding hydrogens is 360 g/mol. The van der Waals surface area contributed by atoms with E-state index in [1.807, 2.05) is 6.07 Å². The van der Waals surface area contributed by atoms with Crippen LogP contribution in [0.5, 0.6) is 0 Å². The van der Waals surface area contributed by atoms with Crippen LogP contribution in [0.15, 0.2) is 21.5 Å². The monoisotopic (exact) mass is 374 g/mol. The van der Waals surface area contributed by atoms with Gasteiger partial charge < -0.3 is 5.11 Å². The molecule has 1 N–H and O–H groups in total. The van der Waals surface area contributed by atoms with Crippen molar-refractivity contribution >= 4 is 31.9 Å². The molecule has 0 saturated carbocycles. The highest BCUT2D eigenvalue weighted by molar-refractivity contribution is 9.10. The fraction of sp³-hybridized carbons (Fsp3) is 0.385. The summed E-state index contributed by atoms with van der Waals surface area (Å²) in [6, 6.07) is 4.43. The van der Waals surface area contributed by atoms with Crippen molar-refractivity contribution in [2.75, 3.05) is 13.1 Å². The Bertz CT molecular complexity index is 695. The summed E-state index contributed by atoms with van der Waals surface area (Å²) in [5.41, 5.74) is 0.426. The van der Waals surface area contributed by atoms with Gasteiger partial charge in [0, 0.05) is 24.0 Å². The van der Waals surface area contributed by atoms with E-state index in [0.717, 1.165) is 10.4 Å². The number of halogens is 1. The van der Waals surface area contributed by atoms with Crippen molar-refractivity contribution in [1.29, 1.82) is 5.26 Å². The Labute approximate surface area is 132 Å². The lowest BCUT2D eigenvalue weighted by atomic mass is 10.1. The molecule has 6 nitrogen and oxygen atoms in total. The van der Waals surface area contributed by atoms with Gasteiger partial charge in [-0.05, 0) is 40.5 Å². The van der Waals surface area contributed by atoms with Gasteiger partial charge in [-0.25, -0.2) is 13.2 Å². The van der Waals surface area contributed by atoms with Crippen LogP contribution in [0.3, 0.4) is 0 Å². The molecule has 0 radical (unpaired) electrons. The fourth-order valence-corrected chi connectivity index (χ4v) is 4.27. The van der Waals surface area contributed by atoms with Crippen LogP contribution in [0.4, 0.5) is 0 Å². The lowest BCUT2D eigenvalue weighted by Gasteiger charge is -2.21. The minimum atomic E-state index is -3.86. The molecule has 0 saturated heterocycles. The first-order valence-electron chi connectivity index (χ1n) is 6.16. The summed E-state index contributed by atoms with van der Waals surface area (Å²) in [5, 5.41) is 17.7. The number of carboxylic acids is 1. The molecule has 0 bridgehead atoms. The molecule has 1 rings (SSSR count). The maximum Gasteiger partial charge on any atom is 0.335 e. The summed E-state index contributed by atoms with van der Waals surface area (Å²) >= 11 is 3.20. The molecule has 1 aromatic carbocycles. The zero-order valence-corrected chi connectivity index (χ0v) is 14.0. The number of aromatic carboxylic acids is 1. The Kier molecular flexibility index (Phi) is 5.89. The van der Waals surface area contributed by atoms with Crippen molar-refractivity contribution in [2.24, 2.45) is 0 Å². The van der Waals surface area contributed by atoms with E-state index < -0.39 is 16.0 Å². The molecule has 0 aromatic heterocycles. The first-order chi connectivity index (χ1) is 9.75. The maximum atomic E-state index is 12.6. The quantitative estimate of drug-likeness (QED) is 0.823. The standard InChI is InChI=1S/C13H15BrN2O4S/c1-3-16(6-4-5-15)21(19,20)11-8-10(13(17)18)7-9(2)12(11)14/h7-8H,3-4,6H2,1-2H3,(H,17,18). The van der Waals surface area contributed by atoms with Gasteiger partial charge in [-0.3, -0.25) is 0 Å². The maximum absolute atomic E-state index is 12.6. The van der Waals surface area contributed by atoms with Crippen molar-refractivity contribution in [1.82, 2.24) is 4.31 Å². The Balaban J connectivity index is 3.43. The second-order valence-corrected chi connectivity index (χ2v) is 7.01. The number of nitrogens with zero attached hydrogens (tertiary/aromatic N) is 2. The highest BCUT2D eigenvalue weighted by Gasteiger charge is 2.27. The average Bonchev–Trinajstić information content (AvgIpc) is 2.41. The van der Waals surface area contributed by atoms with Crippen LogP contribution in [-0.4, -0.2) is 36.9 Å². The van der Waals surface area contributed by atoms with Crippen LogP contribution >= 0.6 is 15.9 Å². The molecule has 0 aliphatic heterocycles. The van der Waals surface area contributed by atoms with Crippen molar-refractivity contribution in [3.05, 3.63) is 27.7 Å². The highest BCUT2D eigenvalue weighted by Crippen LogP contribution is 2.29. The number of carboxylic acid groups (broad SMARTS) is 1.